The third-order valence-electron chi connectivity index (χ3n) is 4.08. The van der Waals surface area contributed by atoms with Crippen LogP contribution in [0.1, 0.15) is 45.7 Å². The minimum absolute atomic E-state index is 0.318. The molecule has 4 nitrogen and oxygen atoms in total. The Morgan fingerprint density at radius 2 is 2.05 bits per heavy atom. The van der Waals surface area contributed by atoms with Crippen LogP contribution in [0.25, 0.3) is 0 Å². The van der Waals surface area contributed by atoms with Crippen LogP contribution in [0.3, 0.4) is 0 Å². The van der Waals surface area contributed by atoms with Crippen LogP contribution in [-0.2, 0) is 4.74 Å². The van der Waals surface area contributed by atoms with Gasteiger partial charge >= 0.3 is 6.09 Å². The molecule has 2 rings (SSSR count). The average Bonchev–Trinajstić information content (AvgIpc) is 2.92. The fourth-order valence-corrected chi connectivity index (χ4v) is 2.87. The van der Waals surface area contributed by atoms with Gasteiger partial charge in [0.05, 0.1) is 0 Å². The van der Waals surface area contributed by atoms with Crippen LogP contribution in [0.5, 0.6) is 0 Å². The van der Waals surface area contributed by atoms with Crippen molar-refractivity contribution in [2.75, 3.05) is 19.6 Å². The molecule has 0 aliphatic carbocycles. The number of nitrogens with zero attached hydrogens (tertiary/aromatic N) is 1. The van der Waals surface area contributed by atoms with Gasteiger partial charge in [-0.1, -0.05) is 30.3 Å². The van der Waals surface area contributed by atoms with Gasteiger partial charge in [0.25, 0.3) is 0 Å². The summed E-state index contributed by atoms with van der Waals surface area (Å²) in [5.41, 5.74) is 0.913. The Labute approximate surface area is 133 Å². The smallest absolute Gasteiger partial charge is 0.407 e. The van der Waals surface area contributed by atoms with E-state index in [0.29, 0.717) is 18.5 Å². The molecule has 1 aromatic carbocycles. The number of hydrogen-bond acceptors (Lipinski definition) is 3. The Morgan fingerprint density at radius 3 is 2.68 bits per heavy atom. The van der Waals surface area contributed by atoms with Crippen LogP contribution < -0.4 is 5.32 Å². The maximum Gasteiger partial charge on any atom is 0.407 e. The molecule has 1 heterocycles. The standard InChI is InChI=1S/C18H28N2O2/c1-14(16-8-6-5-7-9-16)20-11-10-15(13-20)12-19-17(21)22-18(2,3)4/h5-9,14-15H,10-13H2,1-4H3,(H,19,21)/t14-,15+/m1/s1. The first-order chi connectivity index (χ1) is 10.3. The number of rotatable bonds is 4. The monoisotopic (exact) mass is 304 g/mol. The molecule has 1 amide bonds. The Morgan fingerprint density at radius 1 is 1.36 bits per heavy atom. The highest BCUT2D eigenvalue weighted by Gasteiger charge is 2.27. The summed E-state index contributed by atoms with van der Waals surface area (Å²) < 4.78 is 5.28. The predicted octanol–water partition coefficient (Wildman–Crippen LogP) is 3.59. The Kier molecular flexibility index (Phi) is 5.46. The molecule has 1 aliphatic rings. The quantitative estimate of drug-likeness (QED) is 0.924. The summed E-state index contributed by atoms with van der Waals surface area (Å²) in [6, 6.07) is 11.0. The van der Waals surface area contributed by atoms with Crippen molar-refractivity contribution in [2.24, 2.45) is 5.92 Å². The van der Waals surface area contributed by atoms with Gasteiger partial charge in [0, 0.05) is 19.1 Å². The van der Waals surface area contributed by atoms with Crippen LogP contribution >= 0.6 is 0 Å². The molecule has 4 heteroatoms. The zero-order chi connectivity index (χ0) is 16.2. The number of carbonyl (C=O) groups excluding carboxylic acids is 1. The van der Waals surface area contributed by atoms with E-state index in [0.717, 1.165) is 19.5 Å². The van der Waals surface area contributed by atoms with E-state index in [2.05, 4.69) is 41.4 Å². The molecule has 1 aliphatic heterocycles. The molecule has 1 N–H and O–H groups in total. The summed E-state index contributed by atoms with van der Waals surface area (Å²) in [5, 5.41) is 2.89. The Bertz CT molecular complexity index is 482. The lowest BCUT2D eigenvalue weighted by molar-refractivity contribution is 0.0519. The minimum Gasteiger partial charge on any atom is -0.444 e. The summed E-state index contributed by atoms with van der Waals surface area (Å²) in [6.45, 7) is 10.7. The van der Waals surface area contributed by atoms with E-state index in [1.54, 1.807) is 0 Å². The van der Waals surface area contributed by atoms with E-state index in [-0.39, 0.29) is 6.09 Å². The highest BCUT2D eigenvalue weighted by Crippen LogP contribution is 2.26. The fourth-order valence-electron chi connectivity index (χ4n) is 2.87. The number of likely N-dealkylation sites (tertiary alicyclic amines) is 1. The van der Waals surface area contributed by atoms with Gasteiger partial charge in [0.1, 0.15) is 5.60 Å². The van der Waals surface area contributed by atoms with E-state index < -0.39 is 5.60 Å². The second-order valence-corrected chi connectivity index (χ2v) is 7.12. The normalized spacial score (nSPS) is 20.6. The van der Waals surface area contributed by atoms with Gasteiger partial charge in [-0.25, -0.2) is 4.79 Å². The Balaban J connectivity index is 1.77. The van der Waals surface area contributed by atoms with Crippen molar-refractivity contribution in [1.29, 1.82) is 0 Å². The molecule has 0 spiro atoms. The number of amides is 1. The van der Waals surface area contributed by atoms with Crippen molar-refractivity contribution < 1.29 is 9.53 Å². The van der Waals surface area contributed by atoms with E-state index >= 15 is 0 Å². The number of benzene rings is 1. The summed E-state index contributed by atoms with van der Waals surface area (Å²) >= 11 is 0. The molecule has 0 saturated carbocycles. The molecule has 0 radical (unpaired) electrons. The van der Waals surface area contributed by atoms with E-state index in [1.165, 1.54) is 5.56 Å². The third kappa shape index (κ3) is 5.02. The van der Waals surface area contributed by atoms with Gasteiger partial charge in [-0.15, -0.1) is 0 Å². The van der Waals surface area contributed by atoms with Gasteiger partial charge in [0.2, 0.25) is 0 Å². The fraction of sp³-hybridized carbons (Fsp3) is 0.611. The highest BCUT2D eigenvalue weighted by atomic mass is 16.6. The lowest BCUT2D eigenvalue weighted by Gasteiger charge is -2.25. The average molecular weight is 304 g/mol. The first-order valence-corrected chi connectivity index (χ1v) is 8.11. The number of alkyl carbamates (subject to hydrolysis) is 1. The van der Waals surface area contributed by atoms with Gasteiger partial charge < -0.3 is 10.1 Å². The lowest BCUT2D eigenvalue weighted by Crippen LogP contribution is -2.36. The topological polar surface area (TPSA) is 41.6 Å². The van der Waals surface area contributed by atoms with Gasteiger partial charge in [-0.3, -0.25) is 4.90 Å². The van der Waals surface area contributed by atoms with Crippen molar-refractivity contribution in [3.05, 3.63) is 35.9 Å². The van der Waals surface area contributed by atoms with Crippen LogP contribution in [0.2, 0.25) is 0 Å². The largest absolute Gasteiger partial charge is 0.444 e. The van der Waals surface area contributed by atoms with Gasteiger partial charge in [0.15, 0.2) is 0 Å². The minimum atomic E-state index is -0.437. The zero-order valence-electron chi connectivity index (χ0n) is 14.1. The van der Waals surface area contributed by atoms with Crippen molar-refractivity contribution in [1.82, 2.24) is 10.2 Å². The summed E-state index contributed by atoms with van der Waals surface area (Å²) in [4.78, 5) is 14.2. The van der Waals surface area contributed by atoms with Crippen molar-refractivity contribution in [3.63, 3.8) is 0 Å². The summed E-state index contributed by atoms with van der Waals surface area (Å²) in [6.07, 6.45) is 0.800. The molecule has 1 aromatic rings. The molecule has 1 fully saturated rings. The third-order valence-corrected chi connectivity index (χ3v) is 4.08. The lowest BCUT2D eigenvalue weighted by atomic mass is 10.1. The second-order valence-electron chi connectivity index (χ2n) is 7.12. The van der Waals surface area contributed by atoms with Crippen molar-refractivity contribution in [3.8, 4) is 0 Å². The van der Waals surface area contributed by atoms with Crippen molar-refractivity contribution >= 4 is 6.09 Å². The number of carbonyl (C=O) groups is 1. The number of hydrogen-bond donors (Lipinski definition) is 1. The van der Waals surface area contributed by atoms with Crippen LogP contribution in [0, 0.1) is 5.92 Å². The van der Waals surface area contributed by atoms with E-state index in [9.17, 15) is 4.79 Å². The Hall–Kier alpha value is -1.55. The van der Waals surface area contributed by atoms with Gasteiger partial charge in [-0.05, 0) is 52.1 Å². The molecule has 0 aromatic heterocycles. The van der Waals surface area contributed by atoms with Crippen molar-refractivity contribution in [2.45, 2.75) is 45.8 Å². The van der Waals surface area contributed by atoms with Crippen LogP contribution in [0.15, 0.2) is 30.3 Å². The van der Waals surface area contributed by atoms with Crippen LogP contribution in [-0.4, -0.2) is 36.2 Å². The zero-order valence-corrected chi connectivity index (χ0v) is 14.1. The molecule has 2 atom stereocenters. The molecule has 1 saturated heterocycles. The summed E-state index contributed by atoms with van der Waals surface area (Å²) in [5.74, 6) is 0.499. The molecule has 0 unspecified atom stereocenters. The second kappa shape index (κ2) is 7.14. The van der Waals surface area contributed by atoms with Crippen LogP contribution in [0.4, 0.5) is 4.79 Å². The summed E-state index contributed by atoms with van der Waals surface area (Å²) in [7, 11) is 0. The molecule has 22 heavy (non-hydrogen) atoms. The van der Waals surface area contributed by atoms with Gasteiger partial charge in [-0.2, -0.15) is 0 Å². The molecular weight excluding hydrogens is 276 g/mol. The molecule has 0 bridgehead atoms. The van der Waals surface area contributed by atoms with E-state index in [4.69, 9.17) is 4.74 Å². The number of nitrogens with one attached hydrogen (secondary N) is 1. The molecular formula is C18H28N2O2. The maximum atomic E-state index is 11.7. The first kappa shape index (κ1) is 16.8. The first-order valence-electron chi connectivity index (χ1n) is 8.11. The van der Waals surface area contributed by atoms with E-state index in [1.807, 2.05) is 26.8 Å². The molecule has 122 valence electrons. The number of ether oxygens (including phenoxy) is 1. The predicted molar refractivity (Wildman–Crippen MR) is 88.8 cm³/mol. The SMILES string of the molecule is C[C@H](c1ccccc1)N1CC[C@@H](CNC(=O)OC(C)(C)C)C1. The highest BCUT2D eigenvalue weighted by molar-refractivity contribution is 5.67. The maximum absolute atomic E-state index is 11.7.